The number of nitrogens with one attached hydrogen (secondary N) is 2. The molecule has 1 saturated heterocycles. The van der Waals surface area contributed by atoms with Gasteiger partial charge in [-0.3, -0.25) is 9.59 Å². The summed E-state index contributed by atoms with van der Waals surface area (Å²) >= 11 is 0. The van der Waals surface area contributed by atoms with Gasteiger partial charge < -0.3 is 10.6 Å². The highest BCUT2D eigenvalue weighted by Gasteiger charge is 2.27. The number of benzene rings is 2. The summed E-state index contributed by atoms with van der Waals surface area (Å²) in [6.45, 7) is 0. The first-order valence-corrected chi connectivity index (χ1v) is 7.84. The van der Waals surface area contributed by atoms with E-state index in [2.05, 4.69) is 15.7 Å². The molecule has 1 aliphatic rings. The Labute approximate surface area is 138 Å². The summed E-state index contributed by atoms with van der Waals surface area (Å²) in [6.07, 6.45) is 2.78. The minimum Gasteiger partial charge on any atom is -0.344 e. The van der Waals surface area contributed by atoms with Crippen LogP contribution < -0.4 is 10.6 Å². The minimum absolute atomic E-state index is 0.0731. The number of hydrogen-bond acceptors (Lipinski definition) is 3. The second-order valence-corrected chi connectivity index (χ2v) is 5.81. The van der Waals surface area contributed by atoms with E-state index in [1.807, 2.05) is 59.4 Å². The number of aromatic nitrogens is 2. The van der Waals surface area contributed by atoms with Gasteiger partial charge in [0.2, 0.25) is 11.8 Å². The summed E-state index contributed by atoms with van der Waals surface area (Å²) in [7, 11) is 0. The highest BCUT2D eigenvalue weighted by atomic mass is 16.2. The van der Waals surface area contributed by atoms with Crippen molar-refractivity contribution in [2.24, 2.45) is 0 Å². The fourth-order valence-electron chi connectivity index (χ4n) is 2.90. The molecular weight excluding hydrogens is 304 g/mol. The maximum absolute atomic E-state index is 12.1. The predicted molar refractivity (Wildman–Crippen MR) is 90.9 cm³/mol. The van der Waals surface area contributed by atoms with Crippen LogP contribution in [0.4, 0.5) is 5.69 Å². The number of carbonyl (C=O) groups excluding carboxylic acids is 2. The lowest BCUT2D eigenvalue weighted by Gasteiger charge is -2.11. The second-order valence-electron chi connectivity index (χ2n) is 5.81. The summed E-state index contributed by atoms with van der Waals surface area (Å²) in [5.41, 5.74) is 2.65. The Morgan fingerprint density at radius 2 is 1.96 bits per heavy atom. The van der Waals surface area contributed by atoms with Gasteiger partial charge in [-0.25, -0.2) is 4.68 Å². The molecule has 1 aliphatic heterocycles. The highest BCUT2D eigenvalue weighted by molar-refractivity contribution is 5.99. The van der Waals surface area contributed by atoms with E-state index in [0.717, 1.165) is 16.6 Å². The molecule has 0 spiro atoms. The lowest BCUT2D eigenvalue weighted by atomic mass is 10.2. The van der Waals surface area contributed by atoms with Crippen LogP contribution in [0.2, 0.25) is 0 Å². The van der Waals surface area contributed by atoms with E-state index in [1.165, 1.54) is 0 Å². The largest absolute Gasteiger partial charge is 0.344 e. The number of nitrogens with zero attached hydrogens (tertiary/aromatic N) is 2. The van der Waals surface area contributed by atoms with Crippen LogP contribution in [0.5, 0.6) is 0 Å². The zero-order valence-corrected chi connectivity index (χ0v) is 12.9. The van der Waals surface area contributed by atoms with Gasteiger partial charge in [0.1, 0.15) is 6.04 Å². The van der Waals surface area contributed by atoms with Crippen LogP contribution in [0, 0.1) is 0 Å². The molecule has 2 amide bonds. The Balaban J connectivity index is 1.52. The molecule has 1 fully saturated rings. The van der Waals surface area contributed by atoms with Crippen molar-refractivity contribution in [3.63, 3.8) is 0 Å². The number of para-hydroxylation sites is 1. The third-order valence-corrected chi connectivity index (χ3v) is 4.17. The standard InChI is InChI=1S/C18H16N4O2/c23-17-10-9-15(21-17)18(24)20-13-5-7-14(8-6-13)22-16-4-2-1-3-12(16)11-19-22/h1-8,11,15H,9-10H2,(H,20,24)(H,21,23)/t15-/m1/s1. The van der Waals surface area contributed by atoms with Crippen LogP contribution in [-0.4, -0.2) is 27.6 Å². The maximum Gasteiger partial charge on any atom is 0.246 e. The Bertz CT molecular complexity index is 914. The van der Waals surface area contributed by atoms with Crippen LogP contribution in [0.25, 0.3) is 16.6 Å². The van der Waals surface area contributed by atoms with Gasteiger partial charge in [-0.1, -0.05) is 18.2 Å². The van der Waals surface area contributed by atoms with Crippen molar-refractivity contribution in [3.05, 3.63) is 54.7 Å². The normalized spacial score (nSPS) is 17.0. The molecule has 6 nitrogen and oxygen atoms in total. The van der Waals surface area contributed by atoms with Gasteiger partial charge in [0, 0.05) is 17.5 Å². The Morgan fingerprint density at radius 3 is 2.71 bits per heavy atom. The van der Waals surface area contributed by atoms with Crippen molar-refractivity contribution in [1.29, 1.82) is 0 Å². The van der Waals surface area contributed by atoms with E-state index >= 15 is 0 Å². The first kappa shape index (κ1) is 14.4. The van der Waals surface area contributed by atoms with Crippen LogP contribution >= 0.6 is 0 Å². The molecule has 1 aromatic heterocycles. The lowest BCUT2D eigenvalue weighted by molar-refractivity contribution is -0.122. The molecule has 120 valence electrons. The Kier molecular flexibility index (Phi) is 3.49. The van der Waals surface area contributed by atoms with Crippen molar-refractivity contribution >= 4 is 28.4 Å². The smallest absolute Gasteiger partial charge is 0.246 e. The fraction of sp³-hybridized carbons (Fsp3) is 0.167. The molecule has 3 aromatic rings. The molecule has 0 bridgehead atoms. The molecule has 2 N–H and O–H groups in total. The molecule has 0 saturated carbocycles. The monoisotopic (exact) mass is 320 g/mol. The predicted octanol–water partition coefficient (Wildman–Crippen LogP) is 2.24. The number of amides is 2. The summed E-state index contributed by atoms with van der Waals surface area (Å²) in [5.74, 6) is -0.255. The van der Waals surface area contributed by atoms with Crippen molar-refractivity contribution < 1.29 is 9.59 Å². The second kappa shape index (κ2) is 5.81. The molecule has 24 heavy (non-hydrogen) atoms. The molecule has 1 atom stereocenters. The van der Waals surface area contributed by atoms with Crippen LogP contribution in [0.1, 0.15) is 12.8 Å². The van der Waals surface area contributed by atoms with Crippen LogP contribution in [-0.2, 0) is 9.59 Å². The average Bonchev–Trinajstić information content (AvgIpc) is 3.22. The minimum atomic E-state index is -0.438. The van der Waals surface area contributed by atoms with E-state index in [9.17, 15) is 9.59 Å². The summed E-state index contributed by atoms with van der Waals surface area (Å²) in [6, 6.07) is 15.0. The lowest BCUT2D eigenvalue weighted by Crippen LogP contribution is -2.37. The number of rotatable bonds is 3. The third kappa shape index (κ3) is 2.62. The summed E-state index contributed by atoms with van der Waals surface area (Å²) in [4.78, 5) is 23.3. The van der Waals surface area contributed by atoms with Gasteiger partial charge in [0.15, 0.2) is 0 Å². The van der Waals surface area contributed by atoms with Gasteiger partial charge >= 0.3 is 0 Å². The van der Waals surface area contributed by atoms with Gasteiger partial charge in [-0.2, -0.15) is 5.10 Å². The van der Waals surface area contributed by atoms with Gasteiger partial charge in [0.25, 0.3) is 0 Å². The quantitative estimate of drug-likeness (QED) is 0.777. The van der Waals surface area contributed by atoms with Crippen LogP contribution in [0.3, 0.4) is 0 Å². The molecular formula is C18H16N4O2. The van der Waals surface area contributed by atoms with Crippen molar-refractivity contribution in [1.82, 2.24) is 15.1 Å². The zero-order chi connectivity index (χ0) is 16.5. The maximum atomic E-state index is 12.1. The fourth-order valence-corrected chi connectivity index (χ4v) is 2.90. The number of carbonyl (C=O) groups is 2. The molecule has 4 rings (SSSR count). The number of fused-ring (bicyclic) bond motifs is 1. The summed E-state index contributed by atoms with van der Waals surface area (Å²) < 4.78 is 1.86. The third-order valence-electron chi connectivity index (χ3n) is 4.17. The van der Waals surface area contributed by atoms with Crippen molar-refractivity contribution in [2.75, 3.05) is 5.32 Å². The van der Waals surface area contributed by atoms with Gasteiger partial charge in [-0.05, 0) is 36.8 Å². The number of hydrogen-bond donors (Lipinski definition) is 2. The van der Waals surface area contributed by atoms with Gasteiger partial charge in [-0.15, -0.1) is 0 Å². The molecule has 0 unspecified atom stereocenters. The molecule has 2 aromatic carbocycles. The Morgan fingerprint density at radius 1 is 1.17 bits per heavy atom. The van der Waals surface area contributed by atoms with Crippen molar-refractivity contribution in [2.45, 2.75) is 18.9 Å². The average molecular weight is 320 g/mol. The van der Waals surface area contributed by atoms with Crippen LogP contribution in [0.15, 0.2) is 54.7 Å². The first-order valence-electron chi connectivity index (χ1n) is 7.84. The van der Waals surface area contributed by atoms with Crippen molar-refractivity contribution in [3.8, 4) is 5.69 Å². The Hall–Kier alpha value is -3.15. The van der Waals surface area contributed by atoms with E-state index in [4.69, 9.17) is 0 Å². The summed E-state index contributed by atoms with van der Waals surface area (Å²) in [5, 5.41) is 11.0. The number of anilines is 1. The molecule has 2 heterocycles. The molecule has 6 heteroatoms. The SMILES string of the molecule is O=C1CC[C@H](C(=O)Nc2ccc(-n3ncc4ccccc43)cc2)N1. The van der Waals surface area contributed by atoms with E-state index < -0.39 is 6.04 Å². The van der Waals surface area contributed by atoms with E-state index in [0.29, 0.717) is 18.5 Å². The zero-order valence-electron chi connectivity index (χ0n) is 12.9. The van der Waals surface area contributed by atoms with E-state index in [1.54, 1.807) is 0 Å². The molecule has 0 aliphatic carbocycles. The first-order chi connectivity index (χ1) is 11.7. The highest BCUT2D eigenvalue weighted by Crippen LogP contribution is 2.20. The van der Waals surface area contributed by atoms with Gasteiger partial charge in [0.05, 0.1) is 17.4 Å². The van der Waals surface area contributed by atoms with E-state index in [-0.39, 0.29) is 11.8 Å². The molecule has 0 radical (unpaired) electrons. The topological polar surface area (TPSA) is 76.0 Å².